The minimum absolute atomic E-state index is 0.0693. The second-order valence-electron chi connectivity index (χ2n) is 9.19. The lowest BCUT2D eigenvalue weighted by Gasteiger charge is -2.31. The summed E-state index contributed by atoms with van der Waals surface area (Å²) in [7, 11) is 0. The maximum Gasteiger partial charge on any atom is 0.166 e. The molecule has 2 aliphatic carbocycles. The van der Waals surface area contributed by atoms with Crippen LogP contribution >= 0.6 is 0 Å². The third kappa shape index (κ3) is 4.55. The van der Waals surface area contributed by atoms with Gasteiger partial charge >= 0.3 is 0 Å². The average molecular weight is 389 g/mol. The van der Waals surface area contributed by atoms with Crippen molar-refractivity contribution in [2.24, 2.45) is 23.7 Å². The van der Waals surface area contributed by atoms with Gasteiger partial charge in [0.1, 0.15) is 0 Å². The Morgan fingerprint density at radius 3 is 2.45 bits per heavy atom. The van der Waals surface area contributed by atoms with Crippen LogP contribution in [0.15, 0.2) is 77.4 Å². The highest BCUT2D eigenvalue weighted by atomic mass is 16.1. The van der Waals surface area contributed by atoms with E-state index < -0.39 is 0 Å². The zero-order valence-corrected chi connectivity index (χ0v) is 18.6. The van der Waals surface area contributed by atoms with Crippen LogP contribution < -0.4 is 0 Å². The molecule has 0 amide bonds. The van der Waals surface area contributed by atoms with E-state index in [0.29, 0.717) is 11.7 Å². The molecule has 4 atom stereocenters. The van der Waals surface area contributed by atoms with Crippen LogP contribution in [0.25, 0.3) is 0 Å². The SMILES string of the molecule is C=C(C)CCC(CC)CC1=CC2=C(C(=O)C(C)C(=C)C2C)C1Cc1ccccc1. The zero-order valence-electron chi connectivity index (χ0n) is 18.6. The Kier molecular flexibility index (Phi) is 6.77. The van der Waals surface area contributed by atoms with E-state index in [4.69, 9.17) is 0 Å². The topological polar surface area (TPSA) is 17.1 Å². The van der Waals surface area contributed by atoms with Gasteiger partial charge in [-0.1, -0.05) is 86.9 Å². The maximum absolute atomic E-state index is 13.3. The highest BCUT2D eigenvalue weighted by Crippen LogP contribution is 2.48. The van der Waals surface area contributed by atoms with Crippen LogP contribution in [0.4, 0.5) is 0 Å². The minimum Gasteiger partial charge on any atom is -0.294 e. The largest absolute Gasteiger partial charge is 0.294 e. The van der Waals surface area contributed by atoms with Crippen LogP contribution in [0.3, 0.4) is 0 Å². The number of hydrogen-bond donors (Lipinski definition) is 0. The van der Waals surface area contributed by atoms with Gasteiger partial charge < -0.3 is 0 Å². The van der Waals surface area contributed by atoms with Crippen molar-refractivity contribution in [2.75, 3.05) is 0 Å². The summed E-state index contributed by atoms with van der Waals surface area (Å²) in [6.07, 6.45) is 7.80. The molecule has 1 aromatic rings. The van der Waals surface area contributed by atoms with Gasteiger partial charge in [0, 0.05) is 23.3 Å². The Bertz CT molecular complexity index is 852. The molecule has 0 aromatic heterocycles. The lowest BCUT2D eigenvalue weighted by molar-refractivity contribution is -0.118. The lowest BCUT2D eigenvalue weighted by atomic mass is 9.72. The number of carbonyl (C=O) groups excluding carboxylic acids is 1. The van der Waals surface area contributed by atoms with Gasteiger partial charge in [-0.05, 0) is 49.7 Å². The molecule has 0 N–H and O–H groups in total. The molecule has 1 heteroatoms. The van der Waals surface area contributed by atoms with Crippen molar-refractivity contribution < 1.29 is 4.79 Å². The molecular formula is C28H36O. The Balaban J connectivity index is 1.93. The average Bonchev–Trinajstić information content (AvgIpc) is 3.06. The number of ketones is 1. The van der Waals surface area contributed by atoms with E-state index in [0.717, 1.165) is 30.4 Å². The van der Waals surface area contributed by atoms with E-state index in [1.54, 1.807) is 0 Å². The van der Waals surface area contributed by atoms with Gasteiger partial charge in [0.2, 0.25) is 0 Å². The van der Waals surface area contributed by atoms with Gasteiger partial charge in [0.15, 0.2) is 5.78 Å². The summed E-state index contributed by atoms with van der Waals surface area (Å²) in [6, 6.07) is 10.6. The smallest absolute Gasteiger partial charge is 0.166 e. The van der Waals surface area contributed by atoms with Crippen LogP contribution in [0, 0.1) is 23.7 Å². The van der Waals surface area contributed by atoms with E-state index in [1.807, 2.05) is 6.92 Å². The van der Waals surface area contributed by atoms with Crippen molar-refractivity contribution in [3.8, 4) is 0 Å². The van der Waals surface area contributed by atoms with Gasteiger partial charge in [-0.25, -0.2) is 0 Å². The van der Waals surface area contributed by atoms with E-state index in [-0.39, 0.29) is 17.8 Å². The quantitative estimate of drug-likeness (QED) is 0.428. The second kappa shape index (κ2) is 9.11. The number of hydrogen-bond acceptors (Lipinski definition) is 1. The molecule has 29 heavy (non-hydrogen) atoms. The molecule has 3 rings (SSSR count). The molecule has 0 radical (unpaired) electrons. The predicted molar refractivity (Wildman–Crippen MR) is 124 cm³/mol. The minimum atomic E-state index is -0.0693. The lowest BCUT2D eigenvalue weighted by Crippen LogP contribution is -2.29. The summed E-state index contributed by atoms with van der Waals surface area (Å²) in [4.78, 5) is 13.3. The van der Waals surface area contributed by atoms with Crippen molar-refractivity contribution in [3.05, 3.63) is 83.0 Å². The van der Waals surface area contributed by atoms with Crippen LogP contribution in [0.5, 0.6) is 0 Å². The molecule has 0 heterocycles. The summed E-state index contributed by atoms with van der Waals surface area (Å²) in [5, 5.41) is 0. The fraction of sp³-hybridized carbons (Fsp3) is 0.464. The first-order valence-electron chi connectivity index (χ1n) is 11.2. The molecule has 0 saturated heterocycles. The number of benzene rings is 1. The van der Waals surface area contributed by atoms with E-state index in [1.165, 1.54) is 35.1 Å². The van der Waals surface area contributed by atoms with Crippen molar-refractivity contribution >= 4 is 5.78 Å². The van der Waals surface area contributed by atoms with Crippen LogP contribution in [0.2, 0.25) is 0 Å². The molecular weight excluding hydrogens is 352 g/mol. The number of carbonyl (C=O) groups is 1. The van der Waals surface area contributed by atoms with Gasteiger partial charge in [-0.3, -0.25) is 4.79 Å². The number of Topliss-reactive ketones (excluding diaryl/α,β-unsaturated/α-hetero) is 1. The molecule has 0 spiro atoms. The van der Waals surface area contributed by atoms with Crippen LogP contribution in [-0.4, -0.2) is 5.78 Å². The fourth-order valence-electron chi connectivity index (χ4n) is 4.93. The van der Waals surface area contributed by atoms with Gasteiger partial charge in [0.05, 0.1) is 0 Å². The maximum atomic E-state index is 13.3. The number of rotatable bonds is 8. The molecule has 0 bridgehead atoms. The summed E-state index contributed by atoms with van der Waals surface area (Å²) in [5.41, 5.74) is 7.41. The molecule has 0 aliphatic heterocycles. The Morgan fingerprint density at radius 2 is 1.83 bits per heavy atom. The summed E-state index contributed by atoms with van der Waals surface area (Å²) in [6.45, 7) is 17.0. The molecule has 2 aliphatic rings. The summed E-state index contributed by atoms with van der Waals surface area (Å²) in [5.74, 6) is 1.36. The van der Waals surface area contributed by atoms with Crippen LogP contribution in [0.1, 0.15) is 58.9 Å². The van der Waals surface area contributed by atoms with Crippen molar-refractivity contribution in [1.29, 1.82) is 0 Å². The monoisotopic (exact) mass is 388 g/mol. The van der Waals surface area contributed by atoms with Gasteiger partial charge in [-0.15, -0.1) is 6.58 Å². The standard InChI is InChI=1S/C28H36O/c1-7-22(14-13-18(2)3)15-24-17-25-20(5)19(4)21(6)28(29)27(25)26(24)16-23-11-9-8-10-12-23/h8-12,17,20-22,26H,2,4,7,13-16H2,1,3,5-6H3. The summed E-state index contributed by atoms with van der Waals surface area (Å²) < 4.78 is 0. The Hall–Kier alpha value is -2.15. The highest BCUT2D eigenvalue weighted by Gasteiger charge is 2.41. The third-order valence-electron chi connectivity index (χ3n) is 7.05. The van der Waals surface area contributed by atoms with E-state index >= 15 is 0 Å². The predicted octanol–water partition coefficient (Wildman–Crippen LogP) is 7.27. The zero-order chi connectivity index (χ0) is 21.1. The van der Waals surface area contributed by atoms with Crippen molar-refractivity contribution in [3.63, 3.8) is 0 Å². The van der Waals surface area contributed by atoms with E-state index in [2.05, 4.69) is 70.3 Å². The normalized spacial score (nSPS) is 25.1. The van der Waals surface area contributed by atoms with Gasteiger partial charge in [-0.2, -0.15) is 0 Å². The summed E-state index contributed by atoms with van der Waals surface area (Å²) >= 11 is 0. The molecule has 4 unspecified atom stereocenters. The Labute approximate surface area is 177 Å². The molecule has 154 valence electrons. The second-order valence-corrected chi connectivity index (χ2v) is 9.19. The Morgan fingerprint density at radius 1 is 1.14 bits per heavy atom. The van der Waals surface area contributed by atoms with E-state index in [9.17, 15) is 4.79 Å². The highest BCUT2D eigenvalue weighted by molar-refractivity contribution is 6.03. The third-order valence-corrected chi connectivity index (χ3v) is 7.05. The van der Waals surface area contributed by atoms with Crippen LogP contribution in [-0.2, 0) is 11.2 Å². The fourth-order valence-corrected chi connectivity index (χ4v) is 4.93. The molecule has 1 nitrogen and oxygen atoms in total. The first-order valence-corrected chi connectivity index (χ1v) is 11.2. The molecule has 0 fully saturated rings. The van der Waals surface area contributed by atoms with Crippen molar-refractivity contribution in [1.82, 2.24) is 0 Å². The van der Waals surface area contributed by atoms with Gasteiger partial charge in [0.25, 0.3) is 0 Å². The molecule has 1 aromatic carbocycles. The first-order chi connectivity index (χ1) is 13.8. The molecule has 0 saturated carbocycles. The number of allylic oxidation sites excluding steroid dienone is 6. The van der Waals surface area contributed by atoms with Crippen molar-refractivity contribution in [2.45, 2.75) is 59.8 Å². The first kappa shape index (κ1) is 21.6.